The predicted molar refractivity (Wildman–Crippen MR) is 91.1 cm³/mol. The van der Waals surface area contributed by atoms with Gasteiger partial charge < -0.3 is 10.2 Å². The number of aliphatic carboxylic acids is 1. The van der Waals surface area contributed by atoms with Crippen LogP contribution in [0.3, 0.4) is 0 Å². The first-order chi connectivity index (χ1) is 10.5. The fraction of sp³-hybridized carbons (Fsp3) is 0.467. The monoisotopic (exact) mass is 338 g/mol. The molecule has 0 aliphatic carbocycles. The van der Waals surface area contributed by atoms with Gasteiger partial charge in [0.15, 0.2) is 0 Å². The predicted octanol–water partition coefficient (Wildman–Crippen LogP) is 2.02. The van der Waals surface area contributed by atoms with Crippen LogP contribution in [-0.2, 0) is 4.79 Å². The van der Waals surface area contributed by atoms with Gasteiger partial charge >= 0.3 is 5.97 Å². The van der Waals surface area contributed by atoms with E-state index in [0.29, 0.717) is 5.75 Å². The van der Waals surface area contributed by atoms with Gasteiger partial charge in [0.1, 0.15) is 16.8 Å². The van der Waals surface area contributed by atoms with Gasteiger partial charge in [-0.1, -0.05) is 6.07 Å². The summed E-state index contributed by atoms with van der Waals surface area (Å²) < 4.78 is 0. The molecule has 118 valence electrons. The van der Waals surface area contributed by atoms with Gasteiger partial charge in [0.2, 0.25) is 0 Å². The number of hydrogen-bond donors (Lipinski definition) is 2. The molecule has 3 atom stereocenters. The highest BCUT2D eigenvalue weighted by atomic mass is 32.2. The number of thioether (sulfide) groups is 2. The molecule has 0 radical (unpaired) electrons. The Morgan fingerprint density at radius 2 is 2.18 bits per heavy atom. The van der Waals surface area contributed by atoms with Crippen molar-refractivity contribution in [2.24, 2.45) is 4.99 Å². The Morgan fingerprint density at radius 1 is 1.41 bits per heavy atom. The van der Waals surface area contributed by atoms with Crippen molar-refractivity contribution in [1.29, 1.82) is 0 Å². The fourth-order valence-electron chi connectivity index (χ4n) is 2.74. The zero-order chi connectivity index (χ0) is 15.9. The molecule has 1 saturated heterocycles. The van der Waals surface area contributed by atoms with Crippen molar-refractivity contribution in [3.8, 4) is 5.75 Å². The van der Waals surface area contributed by atoms with Crippen LogP contribution in [-0.4, -0.2) is 62.1 Å². The molecule has 1 aromatic rings. The van der Waals surface area contributed by atoms with Crippen LogP contribution in [0.5, 0.6) is 5.75 Å². The van der Waals surface area contributed by atoms with Gasteiger partial charge in [0.05, 0.1) is 11.4 Å². The molecule has 2 unspecified atom stereocenters. The Balaban J connectivity index is 1.79. The van der Waals surface area contributed by atoms with Gasteiger partial charge in [-0.25, -0.2) is 0 Å². The van der Waals surface area contributed by atoms with Gasteiger partial charge in [-0.3, -0.25) is 14.7 Å². The summed E-state index contributed by atoms with van der Waals surface area (Å²) in [6.45, 7) is 1.94. The summed E-state index contributed by atoms with van der Waals surface area (Å²) in [7, 11) is 1.85. The number of nitrogens with zero attached hydrogens (tertiary/aromatic N) is 2. The average Bonchev–Trinajstić information content (AvgIpc) is 3.05. The number of aryl methyl sites for hydroxylation is 1. The third-order valence-electron chi connectivity index (χ3n) is 3.99. The second kappa shape index (κ2) is 6.14. The number of carbonyl (C=O) groups is 1. The molecule has 0 aromatic heterocycles. The molecule has 0 amide bonds. The fourth-order valence-corrected chi connectivity index (χ4v) is 5.50. The number of rotatable bonds is 3. The molecular weight excluding hydrogens is 320 g/mol. The minimum absolute atomic E-state index is 0.0556. The summed E-state index contributed by atoms with van der Waals surface area (Å²) in [5, 5.41) is 20.2. The van der Waals surface area contributed by atoms with Gasteiger partial charge in [0.25, 0.3) is 0 Å². The van der Waals surface area contributed by atoms with Crippen LogP contribution in [0.25, 0.3) is 0 Å². The third kappa shape index (κ3) is 2.85. The standard InChI is InChI=1S/C15H18N2O3S2/c1-8-3-4-9(12(18)5-8)13-16-10(6-21-13)14-17(2)11(7-22-14)15(19)20/h3-5,10-11,14,18H,6-7H2,1-2H3,(H,19,20)/t10-,11?,14?/m0/s1. The Bertz CT molecular complexity index is 635. The van der Waals surface area contributed by atoms with Crippen LogP contribution in [0.15, 0.2) is 23.2 Å². The molecule has 3 rings (SSSR count). The molecular formula is C15H18N2O3S2. The number of aromatic hydroxyl groups is 1. The molecule has 0 saturated carbocycles. The maximum Gasteiger partial charge on any atom is 0.321 e. The Morgan fingerprint density at radius 3 is 2.82 bits per heavy atom. The number of aliphatic imine (C=N–C) groups is 1. The van der Waals surface area contributed by atoms with Crippen LogP contribution < -0.4 is 0 Å². The first-order valence-corrected chi connectivity index (χ1v) is 9.07. The number of benzene rings is 1. The molecule has 2 aliphatic rings. The number of carboxylic acid groups (broad SMARTS) is 1. The summed E-state index contributed by atoms with van der Waals surface area (Å²) in [5.74, 6) is 0.890. The van der Waals surface area contributed by atoms with Crippen molar-refractivity contribution in [2.45, 2.75) is 24.4 Å². The van der Waals surface area contributed by atoms with E-state index in [2.05, 4.69) is 0 Å². The summed E-state index contributed by atoms with van der Waals surface area (Å²) in [6.07, 6.45) is 0. The van der Waals surface area contributed by atoms with Crippen molar-refractivity contribution in [3.63, 3.8) is 0 Å². The van der Waals surface area contributed by atoms with E-state index in [1.165, 1.54) is 0 Å². The molecule has 2 N–H and O–H groups in total. The van der Waals surface area contributed by atoms with E-state index < -0.39 is 12.0 Å². The van der Waals surface area contributed by atoms with E-state index in [1.807, 2.05) is 31.0 Å². The highest BCUT2D eigenvalue weighted by Crippen LogP contribution is 2.37. The van der Waals surface area contributed by atoms with E-state index >= 15 is 0 Å². The first-order valence-electron chi connectivity index (χ1n) is 7.04. The molecule has 1 fully saturated rings. The van der Waals surface area contributed by atoms with Crippen molar-refractivity contribution >= 4 is 34.5 Å². The lowest BCUT2D eigenvalue weighted by Gasteiger charge is -2.24. The molecule has 5 nitrogen and oxygen atoms in total. The average molecular weight is 338 g/mol. The van der Waals surface area contributed by atoms with Crippen LogP contribution in [0.4, 0.5) is 0 Å². The summed E-state index contributed by atoms with van der Waals surface area (Å²) in [5.41, 5.74) is 1.77. The van der Waals surface area contributed by atoms with Crippen molar-refractivity contribution in [1.82, 2.24) is 4.90 Å². The highest BCUT2D eigenvalue weighted by molar-refractivity contribution is 8.14. The van der Waals surface area contributed by atoms with Crippen LogP contribution >= 0.6 is 23.5 Å². The van der Waals surface area contributed by atoms with Gasteiger partial charge in [-0.05, 0) is 31.7 Å². The number of hydrogen-bond acceptors (Lipinski definition) is 6. The summed E-state index contributed by atoms with van der Waals surface area (Å²) >= 11 is 3.27. The van der Waals surface area contributed by atoms with E-state index in [4.69, 9.17) is 4.99 Å². The van der Waals surface area contributed by atoms with Gasteiger partial charge in [0, 0.05) is 17.1 Å². The van der Waals surface area contributed by atoms with Gasteiger partial charge in [-0.2, -0.15) is 0 Å². The van der Waals surface area contributed by atoms with Crippen molar-refractivity contribution in [2.75, 3.05) is 18.6 Å². The molecule has 1 aromatic carbocycles. The second-order valence-corrected chi connectivity index (χ2v) is 7.73. The number of phenols is 1. The summed E-state index contributed by atoms with van der Waals surface area (Å²) in [6, 6.07) is 5.21. The number of phenolic OH excluding ortho intramolecular Hbond substituents is 1. The topological polar surface area (TPSA) is 73.1 Å². The third-order valence-corrected chi connectivity index (χ3v) is 6.59. The minimum atomic E-state index is -0.775. The molecule has 0 bridgehead atoms. The van der Waals surface area contributed by atoms with E-state index in [0.717, 1.165) is 21.9 Å². The van der Waals surface area contributed by atoms with Crippen LogP contribution in [0.1, 0.15) is 11.1 Å². The molecule has 2 heterocycles. The van der Waals surface area contributed by atoms with Crippen molar-refractivity contribution < 1.29 is 15.0 Å². The lowest BCUT2D eigenvalue weighted by Crippen LogP contribution is -2.42. The SMILES string of the molecule is Cc1ccc(C2=N[C@H](C3SCC(C(=O)O)N3C)CS2)c(O)c1. The van der Waals surface area contributed by atoms with E-state index in [1.54, 1.807) is 29.6 Å². The first kappa shape index (κ1) is 15.7. The Kier molecular flexibility index (Phi) is 4.38. The Hall–Kier alpha value is -1.18. The van der Waals surface area contributed by atoms with E-state index in [-0.39, 0.29) is 17.2 Å². The zero-order valence-corrected chi connectivity index (χ0v) is 14.0. The van der Waals surface area contributed by atoms with Crippen LogP contribution in [0, 0.1) is 6.92 Å². The lowest BCUT2D eigenvalue weighted by molar-refractivity contribution is -0.141. The van der Waals surface area contributed by atoms with Gasteiger partial charge in [-0.15, -0.1) is 23.5 Å². The molecule has 0 spiro atoms. The lowest BCUT2D eigenvalue weighted by atomic mass is 10.1. The number of likely N-dealkylation sites (N-methyl/N-ethyl adjacent to an activating group) is 1. The van der Waals surface area contributed by atoms with Crippen LogP contribution in [0.2, 0.25) is 0 Å². The zero-order valence-electron chi connectivity index (χ0n) is 12.4. The molecule has 22 heavy (non-hydrogen) atoms. The quantitative estimate of drug-likeness (QED) is 0.878. The highest BCUT2D eigenvalue weighted by Gasteiger charge is 2.41. The minimum Gasteiger partial charge on any atom is -0.507 e. The molecule has 7 heteroatoms. The second-order valence-electron chi connectivity index (χ2n) is 5.58. The maximum absolute atomic E-state index is 11.2. The molecule has 2 aliphatic heterocycles. The number of carboxylic acids is 1. The Labute approximate surface area is 137 Å². The summed E-state index contributed by atoms with van der Waals surface area (Å²) in [4.78, 5) is 17.8. The maximum atomic E-state index is 11.2. The largest absolute Gasteiger partial charge is 0.507 e. The normalized spacial score (nSPS) is 28.8. The van der Waals surface area contributed by atoms with E-state index in [9.17, 15) is 15.0 Å². The van der Waals surface area contributed by atoms with Crippen molar-refractivity contribution in [3.05, 3.63) is 29.3 Å². The smallest absolute Gasteiger partial charge is 0.321 e.